The second kappa shape index (κ2) is 8.02. The summed E-state index contributed by atoms with van der Waals surface area (Å²) < 4.78 is 63.6. The first kappa shape index (κ1) is 25.1. The van der Waals surface area contributed by atoms with Gasteiger partial charge in [-0.25, -0.2) is 9.13 Å². The van der Waals surface area contributed by atoms with Gasteiger partial charge in [0, 0.05) is 6.04 Å². The van der Waals surface area contributed by atoms with Gasteiger partial charge in [-0.3, -0.25) is 0 Å². The van der Waals surface area contributed by atoms with Gasteiger partial charge in [0.1, 0.15) is 12.4 Å². The van der Waals surface area contributed by atoms with Crippen molar-refractivity contribution >= 4 is 7.81 Å². The summed E-state index contributed by atoms with van der Waals surface area (Å²) in [5.74, 6) is 1.26. The van der Waals surface area contributed by atoms with E-state index >= 15 is 0 Å². The molecule has 0 radical (unpaired) electrons. The van der Waals surface area contributed by atoms with E-state index in [4.69, 9.17) is 0 Å². The van der Waals surface area contributed by atoms with Crippen LogP contribution in [0.4, 0.5) is 25.2 Å². The van der Waals surface area contributed by atoms with E-state index in [0.717, 1.165) is 13.1 Å². The van der Waals surface area contributed by atoms with Crippen LogP contribution >= 0.6 is 7.81 Å². The molecule has 0 amide bonds. The van der Waals surface area contributed by atoms with Gasteiger partial charge in [-0.1, -0.05) is 34.1 Å². The normalized spacial score (nSPS) is 16.3. The Bertz CT molecular complexity index is 554. The molecule has 0 aromatic carbocycles. The third-order valence-electron chi connectivity index (χ3n) is 3.70. The van der Waals surface area contributed by atoms with Crippen molar-refractivity contribution in [2.24, 2.45) is 12.5 Å². The molecule has 1 atom stereocenters. The van der Waals surface area contributed by atoms with E-state index in [1.54, 1.807) is 0 Å². The van der Waals surface area contributed by atoms with Crippen LogP contribution in [-0.4, -0.2) is 22.3 Å². The van der Waals surface area contributed by atoms with Crippen molar-refractivity contribution in [1.82, 2.24) is 9.88 Å². The fourth-order valence-corrected chi connectivity index (χ4v) is 2.17. The van der Waals surface area contributed by atoms with E-state index in [-0.39, 0.29) is 18.1 Å². The number of halogens is 6. The average molecular weight is 413 g/mol. The predicted octanol–water partition coefficient (Wildman–Crippen LogP) is 4.99. The summed E-state index contributed by atoms with van der Waals surface area (Å²) in [5, 5.41) is 13.0. The molecular weight excluding hydrogens is 383 g/mol. The van der Waals surface area contributed by atoms with Gasteiger partial charge in [-0.15, -0.1) is 0 Å². The zero-order chi connectivity index (χ0) is 20.9. The molecule has 4 nitrogen and oxygen atoms in total. The van der Waals surface area contributed by atoms with Crippen molar-refractivity contribution in [3.63, 3.8) is 0 Å². The number of aliphatic hydroxyl groups excluding tert-OH is 1. The second-order valence-electron chi connectivity index (χ2n) is 7.31. The zero-order valence-corrected chi connectivity index (χ0v) is 16.7. The average Bonchev–Trinajstić information content (AvgIpc) is 2.73. The van der Waals surface area contributed by atoms with Crippen LogP contribution in [0.15, 0.2) is 12.4 Å². The van der Waals surface area contributed by atoms with Crippen molar-refractivity contribution in [3.05, 3.63) is 18.2 Å². The number of nitrogens with one attached hydrogen (secondary N) is 1. The summed E-state index contributed by atoms with van der Waals surface area (Å²) in [7, 11) is -8.58. The van der Waals surface area contributed by atoms with Crippen molar-refractivity contribution in [2.45, 2.75) is 59.7 Å². The Kier molecular flexibility index (Phi) is 7.76. The van der Waals surface area contributed by atoms with Crippen LogP contribution in [0, 0.1) is 5.41 Å². The molecule has 0 fully saturated rings. The van der Waals surface area contributed by atoms with Gasteiger partial charge in [0.05, 0.1) is 26.7 Å². The number of aryl methyl sites for hydroxylation is 2. The van der Waals surface area contributed by atoms with Gasteiger partial charge < -0.3 is 10.4 Å². The standard InChI is InChI=1S/C15H30N3O.F6P/c1-6-7-8-18-10-9-17(5)14(18)11-16-13(12-19)15(2,3)4;1-7(2,3,4,5)6/h9-10,13,16,19H,6-8,11-12H2,1-5H3;/q+1;-1/t13-;/m1./s1. The van der Waals surface area contributed by atoms with E-state index in [0.29, 0.717) is 0 Å². The summed E-state index contributed by atoms with van der Waals surface area (Å²) in [6, 6.07) is 0.113. The maximum atomic E-state index is 9.87. The molecule has 1 aromatic heterocycles. The maximum absolute atomic E-state index is 10.7. The molecule has 0 bridgehead atoms. The number of rotatable bonds is 7. The van der Waals surface area contributed by atoms with Gasteiger partial charge >= 0.3 is 33.0 Å². The van der Waals surface area contributed by atoms with E-state index < -0.39 is 7.81 Å². The van der Waals surface area contributed by atoms with Crippen molar-refractivity contribution in [1.29, 1.82) is 0 Å². The number of unbranched alkanes of at least 4 members (excludes halogenated alkanes) is 1. The van der Waals surface area contributed by atoms with E-state index in [9.17, 15) is 30.3 Å². The number of aromatic nitrogens is 2. The van der Waals surface area contributed by atoms with E-state index in [1.807, 2.05) is 0 Å². The van der Waals surface area contributed by atoms with Crippen molar-refractivity contribution < 1.29 is 34.9 Å². The summed E-state index contributed by atoms with van der Waals surface area (Å²) in [6.07, 6.45) is 6.63. The minimum absolute atomic E-state index is 0.0637. The molecule has 0 aliphatic rings. The molecule has 1 aromatic rings. The molecule has 2 N–H and O–H groups in total. The van der Waals surface area contributed by atoms with Crippen LogP contribution in [-0.2, 0) is 20.1 Å². The fraction of sp³-hybridized carbons (Fsp3) is 0.800. The van der Waals surface area contributed by atoms with Crippen LogP contribution < -0.4 is 9.88 Å². The SMILES string of the molecule is CCCCn1cc[n+](C)c1CN[C@H](CO)C(C)(C)C.F[P-](F)(F)(F)(F)F. The third kappa shape index (κ3) is 13.4. The molecule has 0 aliphatic carbocycles. The molecule has 0 spiro atoms. The molecule has 0 saturated carbocycles. The monoisotopic (exact) mass is 413 g/mol. The summed E-state index contributed by atoms with van der Waals surface area (Å²) in [5.41, 5.74) is 0.0637. The van der Waals surface area contributed by atoms with E-state index in [2.05, 4.69) is 61.6 Å². The molecule has 0 aliphatic heterocycles. The van der Waals surface area contributed by atoms with Crippen LogP contribution in [0.3, 0.4) is 0 Å². The molecule has 0 unspecified atom stereocenters. The first-order valence-corrected chi connectivity index (χ1v) is 10.3. The number of nitrogens with zero attached hydrogens (tertiary/aromatic N) is 2. The summed E-state index contributed by atoms with van der Waals surface area (Å²) >= 11 is 0. The number of imidazole rings is 1. The Hall–Kier alpha value is -0.860. The topological polar surface area (TPSA) is 41.1 Å². The fourth-order valence-electron chi connectivity index (χ4n) is 2.17. The third-order valence-corrected chi connectivity index (χ3v) is 3.70. The van der Waals surface area contributed by atoms with Crippen molar-refractivity contribution in [2.75, 3.05) is 6.61 Å². The number of aliphatic hydroxyl groups is 1. The summed E-state index contributed by atoms with van der Waals surface area (Å²) in [4.78, 5) is 0. The van der Waals surface area contributed by atoms with Crippen LogP contribution in [0.5, 0.6) is 0 Å². The van der Waals surface area contributed by atoms with Gasteiger partial charge in [0.2, 0.25) is 0 Å². The van der Waals surface area contributed by atoms with Gasteiger partial charge in [-0.2, -0.15) is 0 Å². The predicted molar refractivity (Wildman–Crippen MR) is 91.3 cm³/mol. The first-order chi connectivity index (χ1) is 11.3. The zero-order valence-electron chi connectivity index (χ0n) is 15.8. The van der Waals surface area contributed by atoms with Crippen LogP contribution in [0.25, 0.3) is 0 Å². The first-order valence-electron chi connectivity index (χ1n) is 8.29. The molecule has 1 heterocycles. The Morgan fingerprint density at radius 3 is 2.08 bits per heavy atom. The Morgan fingerprint density at radius 2 is 1.69 bits per heavy atom. The Labute approximate surface area is 150 Å². The molecule has 26 heavy (non-hydrogen) atoms. The number of hydrogen-bond donors (Lipinski definition) is 2. The van der Waals surface area contributed by atoms with Gasteiger partial charge in [-0.05, 0) is 11.8 Å². The molecule has 158 valence electrons. The number of hydrogen-bond acceptors (Lipinski definition) is 2. The van der Waals surface area contributed by atoms with Crippen LogP contribution in [0.1, 0.15) is 46.4 Å². The molecular formula is C15H30F6N3OP. The molecule has 1 rings (SSSR count). The van der Waals surface area contributed by atoms with E-state index in [1.165, 1.54) is 18.7 Å². The Balaban J connectivity index is 0.000000758. The van der Waals surface area contributed by atoms with Crippen LogP contribution in [0.2, 0.25) is 0 Å². The molecule has 11 heteroatoms. The summed E-state index contributed by atoms with van der Waals surface area (Å²) in [6.45, 7) is 10.7. The molecule has 0 saturated heterocycles. The van der Waals surface area contributed by atoms with Crippen molar-refractivity contribution in [3.8, 4) is 0 Å². The Morgan fingerprint density at radius 1 is 1.19 bits per heavy atom. The van der Waals surface area contributed by atoms with Gasteiger partial charge in [0.25, 0.3) is 5.82 Å². The minimum atomic E-state index is -10.7. The quantitative estimate of drug-likeness (QED) is 0.376. The second-order valence-corrected chi connectivity index (χ2v) is 9.23. The van der Waals surface area contributed by atoms with Gasteiger partial charge in [0.15, 0.2) is 0 Å².